The highest BCUT2D eigenvalue weighted by Gasteiger charge is 2.21. The molecule has 0 spiro atoms. The molecule has 0 aliphatic heterocycles. The molecular weight excluding hydrogens is 332 g/mol. The molecule has 1 heterocycles. The Kier molecular flexibility index (Phi) is 3.96. The monoisotopic (exact) mass is 342 g/mol. The molecule has 0 amide bonds. The second-order valence-corrected chi connectivity index (χ2v) is 5.38. The lowest BCUT2D eigenvalue weighted by atomic mass is 10.2. The summed E-state index contributed by atoms with van der Waals surface area (Å²) in [4.78, 5) is 11.6. The van der Waals surface area contributed by atoms with E-state index >= 15 is 0 Å². The Balaban J connectivity index is 2.60. The molecule has 0 N–H and O–H groups in total. The van der Waals surface area contributed by atoms with E-state index in [-0.39, 0.29) is 5.69 Å². The molecule has 0 unspecified atom stereocenters. The van der Waals surface area contributed by atoms with E-state index in [2.05, 4.69) is 25.8 Å². The summed E-state index contributed by atoms with van der Waals surface area (Å²) >= 11 is 9.54. The number of methoxy groups -OCH3 is 1. The first kappa shape index (κ1) is 14.1. The fraction of sp³-hybridized carbons (Fsp3) is 0.231. The van der Waals surface area contributed by atoms with Crippen molar-refractivity contribution in [1.29, 1.82) is 0 Å². The van der Waals surface area contributed by atoms with Crippen LogP contribution in [0, 0.1) is 13.8 Å². The number of rotatable bonds is 2. The number of aromatic nitrogens is 2. The van der Waals surface area contributed by atoms with Crippen molar-refractivity contribution in [2.45, 2.75) is 13.8 Å². The van der Waals surface area contributed by atoms with Crippen LogP contribution in [0.2, 0.25) is 5.02 Å². The van der Waals surface area contributed by atoms with Crippen LogP contribution in [0.15, 0.2) is 22.7 Å². The van der Waals surface area contributed by atoms with Crippen LogP contribution < -0.4 is 0 Å². The minimum Gasteiger partial charge on any atom is -0.464 e. The topological polar surface area (TPSA) is 44.1 Å². The van der Waals surface area contributed by atoms with E-state index < -0.39 is 5.97 Å². The average molecular weight is 344 g/mol. The van der Waals surface area contributed by atoms with E-state index in [0.29, 0.717) is 10.7 Å². The van der Waals surface area contributed by atoms with Crippen LogP contribution in [0.4, 0.5) is 0 Å². The Hall–Kier alpha value is -1.33. The number of carbonyl (C=O) groups is 1. The second-order valence-electron chi connectivity index (χ2n) is 4.08. The quantitative estimate of drug-likeness (QED) is 0.781. The molecule has 0 aliphatic rings. The van der Waals surface area contributed by atoms with E-state index in [1.807, 2.05) is 32.0 Å². The van der Waals surface area contributed by atoms with Crippen molar-refractivity contribution in [3.63, 3.8) is 0 Å². The Morgan fingerprint density at radius 2 is 2.11 bits per heavy atom. The van der Waals surface area contributed by atoms with Gasteiger partial charge in [0, 0.05) is 4.47 Å². The van der Waals surface area contributed by atoms with E-state index in [0.717, 1.165) is 15.7 Å². The lowest BCUT2D eigenvalue weighted by Gasteiger charge is -2.08. The number of nitrogens with zero attached hydrogens (tertiary/aromatic N) is 2. The molecule has 0 atom stereocenters. The van der Waals surface area contributed by atoms with Crippen LogP contribution >= 0.6 is 27.5 Å². The molecule has 0 fully saturated rings. The first-order valence-electron chi connectivity index (χ1n) is 5.55. The number of esters is 1. The van der Waals surface area contributed by atoms with Gasteiger partial charge >= 0.3 is 5.97 Å². The van der Waals surface area contributed by atoms with Gasteiger partial charge in [0.2, 0.25) is 0 Å². The number of aryl methyl sites for hydroxylation is 1. The zero-order chi connectivity index (χ0) is 14.2. The van der Waals surface area contributed by atoms with Gasteiger partial charge in [0.1, 0.15) is 0 Å². The van der Waals surface area contributed by atoms with Gasteiger partial charge in [0.05, 0.1) is 23.5 Å². The van der Waals surface area contributed by atoms with Crippen LogP contribution in [0.25, 0.3) is 5.69 Å². The van der Waals surface area contributed by atoms with E-state index in [1.54, 1.807) is 4.68 Å². The molecular formula is C13H12BrClN2O2. The fourth-order valence-electron chi connectivity index (χ4n) is 1.80. The minimum atomic E-state index is -0.540. The van der Waals surface area contributed by atoms with Crippen molar-refractivity contribution in [2.24, 2.45) is 0 Å². The maximum Gasteiger partial charge on any atom is 0.360 e. The summed E-state index contributed by atoms with van der Waals surface area (Å²) in [6.45, 7) is 3.77. The van der Waals surface area contributed by atoms with Gasteiger partial charge in [-0.05, 0) is 37.6 Å². The minimum absolute atomic E-state index is 0.129. The Bertz CT molecular complexity index is 652. The van der Waals surface area contributed by atoms with Gasteiger partial charge in [-0.2, -0.15) is 5.10 Å². The summed E-state index contributed by atoms with van der Waals surface area (Å²) in [6, 6.07) is 5.80. The van der Waals surface area contributed by atoms with Crippen LogP contribution in [0.3, 0.4) is 0 Å². The summed E-state index contributed by atoms with van der Waals surface area (Å²) in [7, 11) is 1.30. The molecule has 0 bridgehead atoms. The van der Waals surface area contributed by atoms with Gasteiger partial charge < -0.3 is 4.74 Å². The van der Waals surface area contributed by atoms with Crippen molar-refractivity contribution in [2.75, 3.05) is 7.11 Å². The summed E-state index contributed by atoms with van der Waals surface area (Å²) < 4.78 is 7.30. The van der Waals surface area contributed by atoms with Crippen LogP contribution in [-0.2, 0) is 4.74 Å². The van der Waals surface area contributed by atoms with Gasteiger partial charge in [0.25, 0.3) is 0 Å². The molecule has 0 radical (unpaired) electrons. The van der Waals surface area contributed by atoms with Gasteiger partial charge in [-0.25, -0.2) is 9.48 Å². The van der Waals surface area contributed by atoms with Gasteiger partial charge in [-0.3, -0.25) is 0 Å². The SMILES string of the molecule is COC(=O)c1nn(-c2ccc(Br)cc2C)c(C)c1Cl. The highest BCUT2D eigenvalue weighted by Crippen LogP contribution is 2.26. The number of halogens is 2. The Labute approximate surface area is 124 Å². The second kappa shape index (κ2) is 5.35. The van der Waals surface area contributed by atoms with Gasteiger partial charge in [-0.1, -0.05) is 27.5 Å². The number of benzene rings is 1. The van der Waals surface area contributed by atoms with Gasteiger partial charge in [0.15, 0.2) is 5.69 Å². The third-order valence-electron chi connectivity index (χ3n) is 2.81. The van der Waals surface area contributed by atoms with Gasteiger partial charge in [-0.15, -0.1) is 0 Å². The first-order chi connectivity index (χ1) is 8.95. The molecule has 4 nitrogen and oxygen atoms in total. The molecule has 19 heavy (non-hydrogen) atoms. The molecule has 6 heteroatoms. The lowest BCUT2D eigenvalue weighted by Crippen LogP contribution is -2.05. The van der Waals surface area contributed by atoms with Crippen molar-refractivity contribution in [3.05, 3.63) is 44.6 Å². The van der Waals surface area contributed by atoms with E-state index in [9.17, 15) is 4.79 Å². The summed E-state index contributed by atoms with van der Waals surface area (Å²) in [5, 5.41) is 4.55. The number of hydrogen-bond acceptors (Lipinski definition) is 3. The van der Waals surface area contributed by atoms with Crippen molar-refractivity contribution < 1.29 is 9.53 Å². The maximum absolute atomic E-state index is 11.6. The van der Waals surface area contributed by atoms with Crippen molar-refractivity contribution in [3.8, 4) is 5.69 Å². The molecule has 0 saturated heterocycles. The molecule has 2 aromatic rings. The summed E-state index contributed by atoms with van der Waals surface area (Å²) in [6.07, 6.45) is 0. The molecule has 0 saturated carbocycles. The Morgan fingerprint density at radius 1 is 1.42 bits per heavy atom. The smallest absolute Gasteiger partial charge is 0.360 e. The predicted octanol–water partition coefficient (Wildman–Crippen LogP) is 3.69. The number of hydrogen-bond donors (Lipinski definition) is 0. The number of ether oxygens (including phenoxy) is 1. The molecule has 1 aromatic carbocycles. The largest absolute Gasteiger partial charge is 0.464 e. The zero-order valence-electron chi connectivity index (χ0n) is 10.7. The van der Waals surface area contributed by atoms with E-state index in [1.165, 1.54) is 7.11 Å². The maximum atomic E-state index is 11.6. The van der Waals surface area contributed by atoms with Crippen LogP contribution in [-0.4, -0.2) is 22.9 Å². The van der Waals surface area contributed by atoms with Crippen LogP contribution in [0.1, 0.15) is 21.7 Å². The lowest BCUT2D eigenvalue weighted by molar-refractivity contribution is 0.0593. The van der Waals surface area contributed by atoms with E-state index in [4.69, 9.17) is 11.6 Å². The standard InChI is InChI=1S/C13H12BrClN2O2/c1-7-6-9(14)4-5-10(7)17-8(2)11(15)12(16-17)13(18)19-3/h4-6H,1-3H3. The highest BCUT2D eigenvalue weighted by atomic mass is 79.9. The molecule has 1 aromatic heterocycles. The number of carbonyl (C=O) groups excluding carboxylic acids is 1. The van der Waals surface area contributed by atoms with Crippen molar-refractivity contribution in [1.82, 2.24) is 9.78 Å². The first-order valence-corrected chi connectivity index (χ1v) is 6.72. The summed E-state index contributed by atoms with van der Waals surface area (Å²) in [5.41, 5.74) is 2.72. The zero-order valence-corrected chi connectivity index (χ0v) is 13.0. The summed E-state index contributed by atoms with van der Waals surface area (Å²) in [5.74, 6) is -0.540. The predicted molar refractivity (Wildman–Crippen MR) is 77.1 cm³/mol. The average Bonchev–Trinajstić information content (AvgIpc) is 2.66. The molecule has 2 rings (SSSR count). The van der Waals surface area contributed by atoms with Crippen LogP contribution in [0.5, 0.6) is 0 Å². The van der Waals surface area contributed by atoms with Crippen molar-refractivity contribution >= 4 is 33.5 Å². The third kappa shape index (κ3) is 2.53. The Morgan fingerprint density at radius 3 is 2.68 bits per heavy atom. The fourth-order valence-corrected chi connectivity index (χ4v) is 2.47. The highest BCUT2D eigenvalue weighted by molar-refractivity contribution is 9.10. The molecule has 100 valence electrons. The molecule has 0 aliphatic carbocycles. The third-order valence-corrected chi connectivity index (χ3v) is 3.75. The normalized spacial score (nSPS) is 10.6.